The van der Waals surface area contributed by atoms with E-state index in [4.69, 9.17) is 16.3 Å². The molecule has 0 amide bonds. The Morgan fingerprint density at radius 3 is 2.94 bits per heavy atom. The van der Waals surface area contributed by atoms with Crippen molar-refractivity contribution in [3.63, 3.8) is 0 Å². The van der Waals surface area contributed by atoms with Crippen molar-refractivity contribution in [2.75, 3.05) is 25.1 Å². The van der Waals surface area contributed by atoms with Crippen LogP contribution in [0, 0.1) is 6.92 Å². The van der Waals surface area contributed by atoms with Crippen molar-refractivity contribution in [1.82, 2.24) is 0 Å². The van der Waals surface area contributed by atoms with Gasteiger partial charge < -0.3 is 15.2 Å². The molecule has 0 saturated heterocycles. The van der Waals surface area contributed by atoms with E-state index < -0.39 is 6.10 Å². The minimum atomic E-state index is -0.500. The normalized spacial score (nSPS) is 12.4. The Balaban J connectivity index is 2.29. The quantitative estimate of drug-likeness (QED) is 0.713. The summed E-state index contributed by atoms with van der Waals surface area (Å²) in [5.74, 6) is 0. The maximum Gasteiger partial charge on any atom is 0.0945 e. The molecule has 102 valence electrons. The summed E-state index contributed by atoms with van der Waals surface area (Å²) in [5.41, 5.74) is 1.95. The zero-order valence-electron chi connectivity index (χ0n) is 11.1. The molecule has 1 aromatic rings. The van der Waals surface area contributed by atoms with Crippen LogP contribution in [0.2, 0.25) is 5.02 Å². The summed E-state index contributed by atoms with van der Waals surface area (Å²) in [5, 5.41) is 13.7. The van der Waals surface area contributed by atoms with Crippen LogP contribution < -0.4 is 5.32 Å². The van der Waals surface area contributed by atoms with Crippen molar-refractivity contribution in [2.24, 2.45) is 0 Å². The average molecular weight is 272 g/mol. The van der Waals surface area contributed by atoms with Crippen LogP contribution in [0.1, 0.15) is 25.3 Å². The number of anilines is 1. The highest BCUT2D eigenvalue weighted by Gasteiger charge is 2.06. The van der Waals surface area contributed by atoms with E-state index in [1.807, 2.05) is 25.1 Å². The third kappa shape index (κ3) is 5.25. The number of hydrogen-bond donors (Lipinski definition) is 2. The molecule has 0 radical (unpaired) electrons. The van der Waals surface area contributed by atoms with Crippen LogP contribution in [0.25, 0.3) is 0 Å². The molecule has 0 aromatic heterocycles. The van der Waals surface area contributed by atoms with Gasteiger partial charge in [-0.2, -0.15) is 0 Å². The molecule has 0 saturated carbocycles. The number of hydrogen-bond acceptors (Lipinski definition) is 3. The first kappa shape index (κ1) is 15.3. The van der Waals surface area contributed by atoms with Crippen molar-refractivity contribution >= 4 is 17.3 Å². The molecular weight excluding hydrogens is 250 g/mol. The van der Waals surface area contributed by atoms with Gasteiger partial charge in [-0.15, -0.1) is 0 Å². The number of aliphatic hydroxyl groups excluding tert-OH is 1. The maximum atomic E-state index is 9.75. The van der Waals surface area contributed by atoms with Gasteiger partial charge in [-0.25, -0.2) is 0 Å². The molecular formula is C14H22ClNO2. The predicted molar refractivity (Wildman–Crippen MR) is 76.4 cm³/mol. The lowest BCUT2D eigenvalue weighted by atomic mass is 10.2. The Morgan fingerprint density at radius 2 is 2.22 bits per heavy atom. The summed E-state index contributed by atoms with van der Waals surface area (Å²) in [6.45, 7) is 5.61. The number of aliphatic hydroxyl groups is 1. The summed E-state index contributed by atoms with van der Waals surface area (Å²) < 4.78 is 5.36. The zero-order chi connectivity index (χ0) is 13.4. The predicted octanol–water partition coefficient (Wildman–Crippen LogP) is 3.24. The van der Waals surface area contributed by atoms with Crippen LogP contribution in [0.15, 0.2) is 18.2 Å². The molecule has 2 N–H and O–H groups in total. The standard InChI is InChI=1S/C14H22ClNO2/c1-3-4-8-18-10-12(17)9-16-14-7-5-6-13(15)11(14)2/h5-7,12,16-17H,3-4,8-10H2,1-2H3. The molecule has 0 heterocycles. The lowest BCUT2D eigenvalue weighted by Crippen LogP contribution is -2.25. The topological polar surface area (TPSA) is 41.5 Å². The molecule has 4 heteroatoms. The minimum Gasteiger partial charge on any atom is -0.389 e. The van der Waals surface area contributed by atoms with Crippen molar-refractivity contribution in [2.45, 2.75) is 32.8 Å². The minimum absolute atomic E-state index is 0.368. The fourth-order valence-electron chi connectivity index (χ4n) is 1.55. The van der Waals surface area contributed by atoms with Crippen LogP contribution in [-0.2, 0) is 4.74 Å². The van der Waals surface area contributed by atoms with Crippen LogP contribution in [0.3, 0.4) is 0 Å². The molecule has 1 atom stereocenters. The Morgan fingerprint density at radius 1 is 1.44 bits per heavy atom. The van der Waals surface area contributed by atoms with E-state index in [0.29, 0.717) is 19.8 Å². The Labute approximate surface area is 114 Å². The van der Waals surface area contributed by atoms with Crippen LogP contribution in [0.5, 0.6) is 0 Å². The van der Waals surface area contributed by atoms with Gasteiger partial charge in [0.2, 0.25) is 0 Å². The van der Waals surface area contributed by atoms with Crippen LogP contribution >= 0.6 is 11.6 Å². The number of halogens is 1. The molecule has 1 aromatic carbocycles. The molecule has 0 fully saturated rings. The van der Waals surface area contributed by atoms with Gasteiger partial charge in [-0.1, -0.05) is 31.0 Å². The Kier molecular flexibility index (Phi) is 7.09. The molecule has 18 heavy (non-hydrogen) atoms. The largest absolute Gasteiger partial charge is 0.389 e. The fourth-order valence-corrected chi connectivity index (χ4v) is 1.73. The fraction of sp³-hybridized carbons (Fsp3) is 0.571. The van der Waals surface area contributed by atoms with E-state index in [1.54, 1.807) is 0 Å². The molecule has 0 aliphatic carbocycles. The van der Waals surface area contributed by atoms with Crippen molar-refractivity contribution in [1.29, 1.82) is 0 Å². The van der Waals surface area contributed by atoms with Crippen LogP contribution in [-0.4, -0.2) is 31.0 Å². The van der Waals surface area contributed by atoms with Crippen molar-refractivity contribution < 1.29 is 9.84 Å². The summed E-state index contributed by atoms with van der Waals surface area (Å²) in [7, 11) is 0. The highest BCUT2D eigenvalue weighted by molar-refractivity contribution is 6.31. The number of benzene rings is 1. The third-order valence-corrected chi connectivity index (χ3v) is 3.16. The first-order valence-corrected chi connectivity index (χ1v) is 6.77. The van der Waals surface area contributed by atoms with Gasteiger partial charge in [0, 0.05) is 23.9 Å². The van der Waals surface area contributed by atoms with Crippen LogP contribution in [0.4, 0.5) is 5.69 Å². The third-order valence-electron chi connectivity index (χ3n) is 2.75. The molecule has 0 aliphatic rings. The SMILES string of the molecule is CCCCOCC(O)CNc1cccc(Cl)c1C. The zero-order valence-corrected chi connectivity index (χ0v) is 11.8. The van der Waals surface area contributed by atoms with Gasteiger partial charge in [-0.3, -0.25) is 0 Å². The summed E-state index contributed by atoms with van der Waals surface area (Å²) in [4.78, 5) is 0. The second-order valence-electron chi connectivity index (χ2n) is 4.38. The average Bonchev–Trinajstić information content (AvgIpc) is 2.36. The monoisotopic (exact) mass is 271 g/mol. The first-order valence-electron chi connectivity index (χ1n) is 6.40. The van der Waals surface area contributed by atoms with Crippen molar-refractivity contribution in [3.8, 4) is 0 Å². The van der Waals surface area contributed by atoms with E-state index in [2.05, 4.69) is 12.2 Å². The molecule has 1 rings (SSSR count). The lowest BCUT2D eigenvalue weighted by Gasteiger charge is -2.15. The number of rotatable bonds is 8. The Bertz CT molecular complexity index is 358. The van der Waals surface area contributed by atoms with E-state index in [1.165, 1.54) is 0 Å². The molecule has 1 unspecified atom stereocenters. The number of unbranched alkanes of at least 4 members (excludes halogenated alkanes) is 1. The summed E-state index contributed by atoms with van der Waals surface area (Å²) >= 11 is 6.02. The highest BCUT2D eigenvalue weighted by Crippen LogP contribution is 2.22. The summed E-state index contributed by atoms with van der Waals surface area (Å²) in [6, 6.07) is 5.69. The van der Waals surface area contributed by atoms with Gasteiger partial charge in [-0.05, 0) is 31.0 Å². The Hall–Kier alpha value is -0.770. The number of nitrogens with one attached hydrogen (secondary N) is 1. The van der Waals surface area contributed by atoms with E-state index in [0.717, 1.165) is 29.1 Å². The van der Waals surface area contributed by atoms with Gasteiger partial charge in [0.15, 0.2) is 0 Å². The molecule has 0 aliphatic heterocycles. The first-order chi connectivity index (χ1) is 8.65. The smallest absolute Gasteiger partial charge is 0.0945 e. The molecule has 0 bridgehead atoms. The van der Waals surface area contributed by atoms with E-state index >= 15 is 0 Å². The lowest BCUT2D eigenvalue weighted by molar-refractivity contribution is 0.0421. The van der Waals surface area contributed by atoms with E-state index in [-0.39, 0.29) is 0 Å². The van der Waals surface area contributed by atoms with Gasteiger partial charge >= 0.3 is 0 Å². The van der Waals surface area contributed by atoms with Gasteiger partial charge in [0.05, 0.1) is 12.7 Å². The second kappa shape index (κ2) is 8.35. The van der Waals surface area contributed by atoms with Gasteiger partial charge in [0.25, 0.3) is 0 Å². The molecule has 0 spiro atoms. The molecule has 3 nitrogen and oxygen atoms in total. The number of ether oxygens (including phenoxy) is 1. The van der Waals surface area contributed by atoms with Gasteiger partial charge in [0.1, 0.15) is 0 Å². The second-order valence-corrected chi connectivity index (χ2v) is 4.78. The highest BCUT2D eigenvalue weighted by atomic mass is 35.5. The van der Waals surface area contributed by atoms with Crippen molar-refractivity contribution in [3.05, 3.63) is 28.8 Å². The van der Waals surface area contributed by atoms with E-state index in [9.17, 15) is 5.11 Å². The maximum absolute atomic E-state index is 9.75. The summed E-state index contributed by atoms with van der Waals surface area (Å²) in [6.07, 6.45) is 1.64.